The first-order chi connectivity index (χ1) is 9.44. The Labute approximate surface area is 118 Å². The maximum Gasteiger partial charge on any atom is 0.243 e. The minimum atomic E-state index is -3.65. The SMILES string of the molecule is CNc1ccccc1S(=O)(=O)NC(C)c1ncc(C)o1. The molecule has 2 rings (SSSR count). The van der Waals surface area contributed by atoms with Gasteiger partial charge >= 0.3 is 0 Å². The lowest BCUT2D eigenvalue weighted by atomic mass is 10.3. The molecule has 20 heavy (non-hydrogen) atoms. The lowest BCUT2D eigenvalue weighted by Gasteiger charge is -2.14. The second-order valence-corrected chi connectivity index (χ2v) is 6.08. The van der Waals surface area contributed by atoms with Crippen molar-refractivity contribution < 1.29 is 12.8 Å². The number of hydrogen-bond donors (Lipinski definition) is 2. The van der Waals surface area contributed by atoms with Crippen LogP contribution in [0.2, 0.25) is 0 Å². The third-order valence-corrected chi connectivity index (χ3v) is 4.39. The van der Waals surface area contributed by atoms with E-state index in [0.29, 0.717) is 17.3 Å². The van der Waals surface area contributed by atoms with Gasteiger partial charge in [0.15, 0.2) is 0 Å². The van der Waals surface area contributed by atoms with Crippen molar-refractivity contribution in [3.05, 3.63) is 42.1 Å². The zero-order valence-corrected chi connectivity index (χ0v) is 12.4. The van der Waals surface area contributed by atoms with Crippen molar-refractivity contribution in [3.63, 3.8) is 0 Å². The Morgan fingerprint density at radius 3 is 2.60 bits per heavy atom. The van der Waals surface area contributed by atoms with Crippen LogP contribution < -0.4 is 10.0 Å². The minimum Gasteiger partial charge on any atom is -0.444 e. The van der Waals surface area contributed by atoms with Gasteiger partial charge in [-0.2, -0.15) is 4.72 Å². The minimum absolute atomic E-state index is 0.192. The molecule has 6 nitrogen and oxygen atoms in total. The quantitative estimate of drug-likeness (QED) is 0.882. The molecule has 0 aliphatic rings. The van der Waals surface area contributed by atoms with Gasteiger partial charge in [-0.25, -0.2) is 13.4 Å². The number of rotatable bonds is 5. The third-order valence-electron chi connectivity index (χ3n) is 2.79. The zero-order chi connectivity index (χ0) is 14.8. The highest BCUT2D eigenvalue weighted by Crippen LogP contribution is 2.22. The Kier molecular flexibility index (Phi) is 4.10. The normalized spacial score (nSPS) is 13.2. The molecule has 1 aromatic heterocycles. The molecule has 0 spiro atoms. The summed E-state index contributed by atoms with van der Waals surface area (Å²) in [6.45, 7) is 3.44. The number of oxazole rings is 1. The van der Waals surface area contributed by atoms with Crippen molar-refractivity contribution in [2.24, 2.45) is 0 Å². The number of aromatic nitrogens is 1. The molecule has 1 unspecified atom stereocenters. The van der Waals surface area contributed by atoms with E-state index in [1.54, 1.807) is 51.4 Å². The van der Waals surface area contributed by atoms with Crippen molar-refractivity contribution in [1.82, 2.24) is 9.71 Å². The maximum absolute atomic E-state index is 12.4. The van der Waals surface area contributed by atoms with E-state index >= 15 is 0 Å². The maximum atomic E-state index is 12.4. The van der Waals surface area contributed by atoms with Crippen LogP contribution in [0.3, 0.4) is 0 Å². The van der Waals surface area contributed by atoms with Crippen LogP contribution in [-0.2, 0) is 10.0 Å². The largest absolute Gasteiger partial charge is 0.444 e. The van der Waals surface area contributed by atoms with E-state index in [9.17, 15) is 8.42 Å². The highest BCUT2D eigenvalue weighted by Gasteiger charge is 2.23. The van der Waals surface area contributed by atoms with E-state index < -0.39 is 16.1 Å². The highest BCUT2D eigenvalue weighted by molar-refractivity contribution is 7.89. The van der Waals surface area contributed by atoms with Crippen molar-refractivity contribution in [2.75, 3.05) is 12.4 Å². The molecule has 2 N–H and O–H groups in total. The lowest BCUT2D eigenvalue weighted by molar-refractivity contribution is 0.428. The molecule has 2 aromatic rings. The van der Waals surface area contributed by atoms with Crippen molar-refractivity contribution in [3.8, 4) is 0 Å². The van der Waals surface area contributed by atoms with Gasteiger partial charge in [0.25, 0.3) is 0 Å². The molecule has 108 valence electrons. The van der Waals surface area contributed by atoms with E-state index in [1.807, 2.05) is 0 Å². The topological polar surface area (TPSA) is 84.2 Å². The molecular weight excluding hydrogens is 278 g/mol. The fourth-order valence-electron chi connectivity index (χ4n) is 1.83. The summed E-state index contributed by atoms with van der Waals surface area (Å²) >= 11 is 0. The third kappa shape index (κ3) is 3.00. The van der Waals surface area contributed by atoms with Crippen LogP contribution in [0.25, 0.3) is 0 Å². The predicted molar refractivity (Wildman–Crippen MR) is 76.0 cm³/mol. The van der Waals surface area contributed by atoms with E-state index in [-0.39, 0.29) is 4.90 Å². The predicted octanol–water partition coefficient (Wildman–Crippen LogP) is 2.06. The highest BCUT2D eigenvalue weighted by atomic mass is 32.2. The van der Waals surface area contributed by atoms with Gasteiger partial charge in [-0.05, 0) is 26.0 Å². The molecular formula is C13H17N3O3S. The van der Waals surface area contributed by atoms with Crippen LogP contribution in [0.1, 0.15) is 24.6 Å². The molecule has 0 amide bonds. The molecule has 1 aromatic carbocycles. The molecule has 0 bridgehead atoms. The summed E-state index contributed by atoms with van der Waals surface area (Å²) in [7, 11) is -1.98. The first-order valence-electron chi connectivity index (χ1n) is 6.15. The van der Waals surface area contributed by atoms with Gasteiger partial charge in [0.2, 0.25) is 15.9 Å². The molecule has 0 aliphatic heterocycles. The Morgan fingerprint density at radius 2 is 2.00 bits per heavy atom. The summed E-state index contributed by atoms with van der Waals surface area (Å²) < 4.78 is 32.6. The van der Waals surface area contributed by atoms with E-state index in [0.717, 1.165) is 0 Å². The number of nitrogens with zero attached hydrogens (tertiary/aromatic N) is 1. The van der Waals surface area contributed by atoms with Gasteiger partial charge < -0.3 is 9.73 Å². The van der Waals surface area contributed by atoms with E-state index in [4.69, 9.17) is 4.42 Å². The van der Waals surface area contributed by atoms with E-state index in [2.05, 4.69) is 15.0 Å². The number of benzene rings is 1. The second-order valence-electron chi connectivity index (χ2n) is 4.40. The van der Waals surface area contributed by atoms with Crippen LogP contribution in [0.4, 0.5) is 5.69 Å². The molecule has 1 atom stereocenters. The summed E-state index contributed by atoms with van der Waals surface area (Å²) in [6, 6.07) is 6.15. The first-order valence-corrected chi connectivity index (χ1v) is 7.64. The smallest absolute Gasteiger partial charge is 0.243 e. The molecule has 0 radical (unpaired) electrons. The number of para-hydroxylation sites is 1. The van der Waals surface area contributed by atoms with Crippen molar-refractivity contribution >= 4 is 15.7 Å². The van der Waals surface area contributed by atoms with E-state index in [1.165, 1.54) is 0 Å². The van der Waals surface area contributed by atoms with Crippen LogP contribution in [0.15, 0.2) is 39.8 Å². The Bertz CT molecular complexity index is 694. The fourth-order valence-corrected chi connectivity index (χ4v) is 3.24. The number of aryl methyl sites for hydroxylation is 1. The Morgan fingerprint density at radius 1 is 1.30 bits per heavy atom. The summed E-state index contributed by atoms with van der Waals surface area (Å²) in [4.78, 5) is 4.22. The van der Waals surface area contributed by atoms with Crippen LogP contribution >= 0.6 is 0 Å². The van der Waals surface area contributed by atoms with Gasteiger partial charge in [0.05, 0.1) is 17.9 Å². The molecule has 0 aliphatic carbocycles. The number of hydrogen-bond acceptors (Lipinski definition) is 5. The van der Waals surface area contributed by atoms with Gasteiger partial charge in [-0.15, -0.1) is 0 Å². The Balaban J connectivity index is 2.27. The van der Waals surface area contributed by atoms with Gasteiger partial charge in [-0.1, -0.05) is 12.1 Å². The van der Waals surface area contributed by atoms with Gasteiger partial charge in [-0.3, -0.25) is 0 Å². The summed E-state index contributed by atoms with van der Waals surface area (Å²) in [5, 5.41) is 2.86. The van der Waals surface area contributed by atoms with Crippen LogP contribution in [0.5, 0.6) is 0 Å². The number of nitrogens with one attached hydrogen (secondary N) is 2. The standard InChI is InChI=1S/C13H17N3O3S/c1-9-8-15-13(19-9)10(2)16-20(17,18)12-7-5-4-6-11(12)14-3/h4-8,10,14,16H,1-3H3. The van der Waals surface area contributed by atoms with Gasteiger partial charge in [0.1, 0.15) is 10.7 Å². The molecule has 1 heterocycles. The molecule has 0 saturated carbocycles. The summed E-state index contributed by atoms with van der Waals surface area (Å²) in [5.74, 6) is 0.981. The molecule has 7 heteroatoms. The van der Waals surface area contributed by atoms with Gasteiger partial charge in [0, 0.05) is 7.05 Å². The fraction of sp³-hybridized carbons (Fsp3) is 0.308. The number of anilines is 1. The lowest BCUT2D eigenvalue weighted by Crippen LogP contribution is -2.27. The second kappa shape index (κ2) is 5.64. The Hall–Kier alpha value is -1.86. The van der Waals surface area contributed by atoms with Crippen LogP contribution in [-0.4, -0.2) is 20.4 Å². The molecule has 0 fully saturated rings. The van der Waals surface area contributed by atoms with Crippen molar-refractivity contribution in [1.29, 1.82) is 0 Å². The molecule has 0 saturated heterocycles. The van der Waals surface area contributed by atoms with Crippen LogP contribution in [0, 0.1) is 6.92 Å². The number of sulfonamides is 1. The average molecular weight is 295 g/mol. The average Bonchev–Trinajstić information content (AvgIpc) is 2.85. The van der Waals surface area contributed by atoms with Crippen molar-refractivity contribution in [2.45, 2.75) is 24.8 Å². The first kappa shape index (κ1) is 14.5. The summed E-state index contributed by atoms with van der Waals surface area (Å²) in [5.41, 5.74) is 0.538. The summed E-state index contributed by atoms with van der Waals surface area (Å²) in [6.07, 6.45) is 1.56. The monoisotopic (exact) mass is 295 g/mol. The zero-order valence-electron chi connectivity index (χ0n) is 11.5.